The van der Waals surface area contributed by atoms with E-state index < -0.39 is 0 Å². The molecular formula is C17H14ClFN2. The summed E-state index contributed by atoms with van der Waals surface area (Å²) in [5.74, 6) is -0.289. The molecule has 0 radical (unpaired) electrons. The van der Waals surface area contributed by atoms with E-state index in [9.17, 15) is 4.39 Å². The molecule has 1 atom stereocenters. The van der Waals surface area contributed by atoms with E-state index in [4.69, 9.17) is 17.3 Å². The summed E-state index contributed by atoms with van der Waals surface area (Å²) in [5.41, 5.74) is 9.11. The predicted octanol–water partition coefficient (Wildman–Crippen LogP) is 4.71. The first-order chi connectivity index (χ1) is 10.1. The van der Waals surface area contributed by atoms with Crippen LogP contribution in [0.25, 0.3) is 22.0 Å². The number of rotatable bonds is 2. The first-order valence-corrected chi connectivity index (χ1v) is 7.05. The van der Waals surface area contributed by atoms with E-state index in [1.165, 1.54) is 12.1 Å². The third-order valence-corrected chi connectivity index (χ3v) is 3.73. The summed E-state index contributed by atoms with van der Waals surface area (Å²) in [4.78, 5) is 4.61. The van der Waals surface area contributed by atoms with E-state index in [2.05, 4.69) is 4.98 Å². The van der Waals surface area contributed by atoms with Gasteiger partial charge in [-0.15, -0.1) is 0 Å². The van der Waals surface area contributed by atoms with Gasteiger partial charge in [-0.1, -0.05) is 29.8 Å². The van der Waals surface area contributed by atoms with Crippen LogP contribution >= 0.6 is 11.6 Å². The Labute approximate surface area is 127 Å². The fourth-order valence-electron chi connectivity index (χ4n) is 2.41. The van der Waals surface area contributed by atoms with Gasteiger partial charge >= 0.3 is 0 Å². The van der Waals surface area contributed by atoms with Crippen LogP contribution < -0.4 is 5.73 Å². The highest BCUT2D eigenvalue weighted by molar-refractivity contribution is 6.35. The van der Waals surface area contributed by atoms with Gasteiger partial charge in [-0.3, -0.25) is 4.98 Å². The molecule has 21 heavy (non-hydrogen) atoms. The number of pyridine rings is 1. The van der Waals surface area contributed by atoms with Crippen LogP contribution in [0.4, 0.5) is 4.39 Å². The molecule has 106 valence electrons. The lowest BCUT2D eigenvalue weighted by atomic mass is 9.98. The Morgan fingerprint density at radius 1 is 1.14 bits per heavy atom. The van der Waals surface area contributed by atoms with E-state index in [-0.39, 0.29) is 11.9 Å². The first kappa shape index (κ1) is 14.0. The van der Waals surface area contributed by atoms with Crippen LogP contribution in [-0.2, 0) is 0 Å². The Kier molecular flexibility index (Phi) is 3.62. The lowest BCUT2D eigenvalue weighted by Crippen LogP contribution is -2.09. The van der Waals surface area contributed by atoms with Crippen LogP contribution in [0.1, 0.15) is 18.7 Å². The molecule has 0 aliphatic carbocycles. The number of benzene rings is 2. The van der Waals surface area contributed by atoms with Gasteiger partial charge in [-0.2, -0.15) is 0 Å². The van der Waals surface area contributed by atoms with Crippen molar-refractivity contribution in [2.24, 2.45) is 5.73 Å². The molecule has 1 aromatic heterocycles. The Balaban J connectivity index is 2.34. The summed E-state index contributed by atoms with van der Waals surface area (Å²) >= 11 is 6.23. The van der Waals surface area contributed by atoms with Crippen molar-refractivity contribution in [1.82, 2.24) is 4.98 Å². The highest BCUT2D eigenvalue weighted by atomic mass is 35.5. The summed E-state index contributed by atoms with van der Waals surface area (Å²) in [6.07, 6.45) is 0. The van der Waals surface area contributed by atoms with Crippen molar-refractivity contribution in [3.05, 3.63) is 65.1 Å². The lowest BCUT2D eigenvalue weighted by molar-refractivity contribution is 0.628. The number of halogens is 2. The molecule has 0 bridgehead atoms. The van der Waals surface area contributed by atoms with E-state index in [0.29, 0.717) is 5.02 Å². The molecule has 1 unspecified atom stereocenters. The van der Waals surface area contributed by atoms with Crippen LogP contribution in [-0.4, -0.2) is 4.98 Å². The van der Waals surface area contributed by atoms with Gasteiger partial charge in [0, 0.05) is 22.0 Å². The molecule has 2 N–H and O–H groups in total. The van der Waals surface area contributed by atoms with Crippen LogP contribution in [0, 0.1) is 5.82 Å². The molecule has 0 saturated carbocycles. The van der Waals surface area contributed by atoms with Crippen molar-refractivity contribution in [2.45, 2.75) is 13.0 Å². The molecule has 4 heteroatoms. The largest absolute Gasteiger partial charge is 0.323 e. The number of aromatic nitrogens is 1. The second-order valence-corrected chi connectivity index (χ2v) is 5.43. The summed E-state index contributed by atoms with van der Waals surface area (Å²) in [7, 11) is 0. The maximum Gasteiger partial charge on any atom is 0.123 e. The van der Waals surface area contributed by atoms with E-state index in [1.54, 1.807) is 6.07 Å². The van der Waals surface area contributed by atoms with Crippen LogP contribution in [0.2, 0.25) is 5.02 Å². The Morgan fingerprint density at radius 2 is 1.90 bits per heavy atom. The fourth-order valence-corrected chi connectivity index (χ4v) is 2.63. The maximum absolute atomic E-state index is 13.5. The molecule has 2 aromatic carbocycles. The minimum Gasteiger partial charge on any atom is -0.323 e. The highest BCUT2D eigenvalue weighted by Gasteiger charge is 2.14. The normalized spacial score (nSPS) is 12.6. The highest BCUT2D eigenvalue weighted by Crippen LogP contribution is 2.32. The molecule has 0 fully saturated rings. The van der Waals surface area contributed by atoms with Crippen molar-refractivity contribution < 1.29 is 4.39 Å². The summed E-state index contributed by atoms with van der Waals surface area (Å²) in [5, 5.41) is 1.46. The molecule has 2 nitrogen and oxygen atoms in total. The first-order valence-electron chi connectivity index (χ1n) is 6.67. The van der Waals surface area contributed by atoms with Gasteiger partial charge in [0.2, 0.25) is 0 Å². The molecule has 3 aromatic rings. The second kappa shape index (κ2) is 5.43. The molecule has 0 saturated heterocycles. The van der Waals surface area contributed by atoms with Gasteiger partial charge in [0.05, 0.1) is 11.2 Å². The number of nitrogens with two attached hydrogens (primary N) is 1. The number of nitrogens with zero attached hydrogens (tertiary/aromatic N) is 1. The standard InChI is InChI=1S/C17H14ClFN2/c1-10(20)17-13(11-4-2-5-12(19)8-11)9-14-15(18)6-3-7-16(14)21-17/h2-10H,20H2,1H3. The lowest BCUT2D eigenvalue weighted by Gasteiger charge is -2.14. The molecule has 0 aliphatic heterocycles. The van der Waals surface area contributed by atoms with Crippen molar-refractivity contribution in [3.8, 4) is 11.1 Å². The van der Waals surface area contributed by atoms with Gasteiger partial charge in [0.25, 0.3) is 0 Å². The van der Waals surface area contributed by atoms with E-state index in [0.717, 1.165) is 27.7 Å². The van der Waals surface area contributed by atoms with Gasteiger partial charge < -0.3 is 5.73 Å². The number of fused-ring (bicyclic) bond motifs is 1. The molecule has 1 heterocycles. The second-order valence-electron chi connectivity index (χ2n) is 5.03. The average Bonchev–Trinajstić information content (AvgIpc) is 2.46. The van der Waals surface area contributed by atoms with Crippen molar-refractivity contribution in [2.75, 3.05) is 0 Å². The zero-order chi connectivity index (χ0) is 15.0. The smallest absolute Gasteiger partial charge is 0.123 e. The van der Waals surface area contributed by atoms with Gasteiger partial charge in [0.15, 0.2) is 0 Å². The molecule has 0 aliphatic rings. The average molecular weight is 301 g/mol. The fraction of sp³-hybridized carbons (Fsp3) is 0.118. The van der Waals surface area contributed by atoms with Crippen LogP contribution in [0.5, 0.6) is 0 Å². The number of hydrogen-bond donors (Lipinski definition) is 1. The minimum atomic E-state index is -0.289. The molecular weight excluding hydrogens is 287 g/mol. The SMILES string of the molecule is CC(N)c1nc2cccc(Cl)c2cc1-c1cccc(F)c1. The maximum atomic E-state index is 13.5. The van der Waals surface area contributed by atoms with Gasteiger partial charge in [-0.25, -0.2) is 4.39 Å². The summed E-state index contributed by atoms with van der Waals surface area (Å²) in [6.45, 7) is 1.86. The molecule has 3 rings (SSSR count). The quantitative estimate of drug-likeness (QED) is 0.744. The third kappa shape index (κ3) is 2.62. The van der Waals surface area contributed by atoms with Gasteiger partial charge in [0.1, 0.15) is 5.82 Å². The van der Waals surface area contributed by atoms with Gasteiger partial charge in [-0.05, 0) is 42.8 Å². The minimum absolute atomic E-state index is 0.258. The summed E-state index contributed by atoms with van der Waals surface area (Å²) in [6, 6.07) is 13.6. The van der Waals surface area contributed by atoms with Crippen LogP contribution in [0.3, 0.4) is 0 Å². The number of hydrogen-bond acceptors (Lipinski definition) is 2. The molecule has 0 spiro atoms. The summed E-state index contributed by atoms with van der Waals surface area (Å²) < 4.78 is 13.5. The third-order valence-electron chi connectivity index (χ3n) is 3.40. The van der Waals surface area contributed by atoms with E-state index in [1.807, 2.05) is 37.3 Å². The Bertz CT molecular complexity index is 815. The Morgan fingerprint density at radius 3 is 2.62 bits per heavy atom. The zero-order valence-corrected chi connectivity index (χ0v) is 12.2. The van der Waals surface area contributed by atoms with Crippen molar-refractivity contribution >= 4 is 22.5 Å². The van der Waals surface area contributed by atoms with Crippen molar-refractivity contribution in [1.29, 1.82) is 0 Å². The molecule has 0 amide bonds. The topological polar surface area (TPSA) is 38.9 Å². The van der Waals surface area contributed by atoms with E-state index >= 15 is 0 Å². The van der Waals surface area contributed by atoms with Crippen LogP contribution in [0.15, 0.2) is 48.5 Å². The Hall–Kier alpha value is -1.97. The monoisotopic (exact) mass is 300 g/mol. The zero-order valence-electron chi connectivity index (χ0n) is 11.5. The predicted molar refractivity (Wildman–Crippen MR) is 84.7 cm³/mol. The van der Waals surface area contributed by atoms with Crippen molar-refractivity contribution in [3.63, 3.8) is 0 Å².